The summed E-state index contributed by atoms with van der Waals surface area (Å²) in [5.74, 6) is 0.231. The lowest BCUT2D eigenvalue weighted by Gasteiger charge is -2.16. The van der Waals surface area contributed by atoms with E-state index in [1.54, 1.807) is 0 Å². The number of hydrogen-bond acceptors (Lipinski definition) is 4. The number of ether oxygens (including phenoxy) is 1. The first kappa shape index (κ1) is 13.9. The molecule has 16 heavy (non-hydrogen) atoms. The van der Waals surface area contributed by atoms with E-state index in [2.05, 4.69) is 5.32 Å². The van der Waals surface area contributed by atoms with Crippen LogP contribution in [0.4, 0.5) is 0 Å². The smallest absolute Gasteiger partial charge is 0.148 e. The summed E-state index contributed by atoms with van der Waals surface area (Å²) in [5.41, 5.74) is 0. The van der Waals surface area contributed by atoms with Gasteiger partial charge in [0.15, 0.2) is 0 Å². The van der Waals surface area contributed by atoms with Gasteiger partial charge in [-0.05, 0) is 39.2 Å². The van der Waals surface area contributed by atoms with Gasteiger partial charge in [-0.25, -0.2) is 8.42 Å². The van der Waals surface area contributed by atoms with Gasteiger partial charge < -0.3 is 10.1 Å². The minimum atomic E-state index is -2.88. The number of sulfone groups is 1. The summed E-state index contributed by atoms with van der Waals surface area (Å²) in [7, 11) is -1.06. The largest absolute Gasteiger partial charge is 0.378 e. The van der Waals surface area contributed by atoms with Crippen LogP contribution in [0.2, 0.25) is 0 Å². The molecule has 96 valence electrons. The molecule has 0 aromatic heterocycles. The van der Waals surface area contributed by atoms with Gasteiger partial charge >= 0.3 is 0 Å². The third-order valence-electron chi connectivity index (χ3n) is 3.01. The topological polar surface area (TPSA) is 55.4 Å². The SMILES string of the molecule is CNC(CCCC1CCCO1)CS(C)(=O)=O. The quantitative estimate of drug-likeness (QED) is 0.730. The summed E-state index contributed by atoms with van der Waals surface area (Å²) < 4.78 is 27.8. The van der Waals surface area contributed by atoms with Crippen molar-refractivity contribution >= 4 is 9.84 Å². The molecule has 0 aromatic rings. The lowest BCUT2D eigenvalue weighted by Crippen LogP contribution is -2.32. The van der Waals surface area contributed by atoms with Gasteiger partial charge in [0.2, 0.25) is 0 Å². The van der Waals surface area contributed by atoms with Crippen molar-refractivity contribution in [3.8, 4) is 0 Å². The Balaban J connectivity index is 2.18. The zero-order valence-corrected chi connectivity index (χ0v) is 11.1. The molecule has 1 rings (SSSR count). The molecule has 2 unspecified atom stereocenters. The Morgan fingerprint density at radius 2 is 2.25 bits per heavy atom. The zero-order valence-electron chi connectivity index (χ0n) is 10.2. The van der Waals surface area contributed by atoms with E-state index in [1.807, 2.05) is 7.05 Å². The minimum Gasteiger partial charge on any atom is -0.378 e. The summed E-state index contributed by atoms with van der Waals surface area (Å²) in [6, 6.07) is 0.0800. The Kier molecular flexibility index (Phi) is 5.72. The third-order valence-corrected chi connectivity index (χ3v) is 4.02. The van der Waals surface area contributed by atoms with Gasteiger partial charge in [0, 0.05) is 18.9 Å². The molecule has 5 heteroatoms. The van der Waals surface area contributed by atoms with Crippen molar-refractivity contribution in [2.24, 2.45) is 0 Å². The molecule has 2 atom stereocenters. The predicted octanol–water partition coefficient (Wildman–Crippen LogP) is 0.968. The van der Waals surface area contributed by atoms with Gasteiger partial charge in [0.1, 0.15) is 9.84 Å². The van der Waals surface area contributed by atoms with E-state index in [0.29, 0.717) is 6.10 Å². The molecule has 1 fully saturated rings. The van der Waals surface area contributed by atoms with Crippen LogP contribution in [-0.2, 0) is 14.6 Å². The number of nitrogens with one attached hydrogen (secondary N) is 1. The van der Waals surface area contributed by atoms with Crippen LogP contribution < -0.4 is 5.32 Å². The molecule has 1 N–H and O–H groups in total. The molecule has 1 aliphatic rings. The first-order valence-corrected chi connectivity index (χ1v) is 8.04. The molecule has 1 aliphatic heterocycles. The van der Waals surface area contributed by atoms with Crippen LogP contribution in [0.1, 0.15) is 32.1 Å². The second-order valence-electron chi connectivity index (χ2n) is 4.64. The van der Waals surface area contributed by atoms with Gasteiger partial charge in [0.25, 0.3) is 0 Å². The summed E-state index contributed by atoms with van der Waals surface area (Å²) in [6.45, 7) is 0.892. The fourth-order valence-corrected chi connectivity index (χ4v) is 3.20. The van der Waals surface area contributed by atoms with Crippen molar-refractivity contribution in [1.82, 2.24) is 5.32 Å². The van der Waals surface area contributed by atoms with E-state index >= 15 is 0 Å². The van der Waals surface area contributed by atoms with E-state index in [9.17, 15) is 8.42 Å². The standard InChI is InChI=1S/C11H23NO3S/c1-12-10(9-16(2,13)14)5-3-6-11-7-4-8-15-11/h10-12H,3-9H2,1-2H3. The number of rotatable bonds is 7. The van der Waals surface area contributed by atoms with Gasteiger partial charge in [-0.15, -0.1) is 0 Å². The Morgan fingerprint density at radius 3 is 2.75 bits per heavy atom. The van der Waals surface area contributed by atoms with Crippen molar-refractivity contribution in [2.45, 2.75) is 44.2 Å². The Bertz CT molecular complexity index is 284. The molecule has 0 saturated carbocycles. The average molecular weight is 249 g/mol. The third kappa shape index (κ3) is 5.82. The van der Waals surface area contributed by atoms with Crippen molar-refractivity contribution < 1.29 is 13.2 Å². The van der Waals surface area contributed by atoms with Crippen LogP contribution in [0.25, 0.3) is 0 Å². The molecular weight excluding hydrogens is 226 g/mol. The summed E-state index contributed by atoms with van der Waals surface area (Å²) in [4.78, 5) is 0. The Hall–Kier alpha value is -0.130. The van der Waals surface area contributed by atoms with E-state index in [1.165, 1.54) is 12.7 Å². The predicted molar refractivity (Wildman–Crippen MR) is 65.4 cm³/mol. The molecule has 0 amide bonds. The molecule has 0 aromatic carbocycles. The maximum absolute atomic E-state index is 11.2. The van der Waals surface area contributed by atoms with E-state index in [4.69, 9.17) is 4.74 Å². The van der Waals surface area contributed by atoms with Crippen molar-refractivity contribution in [3.63, 3.8) is 0 Å². The molecule has 1 heterocycles. The van der Waals surface area contributed by atoms with Crippen LogP contribution in [0.5, 0.6) is 0 Å². The molecule has 0 aliphatic carbocycles. The fraction of sp³-hybridized carbons (Fsp3) is 1.00. The fourth-order valence-electron chi connectivity index (χ4n) is 2.14. The van der Waals surface area contributed by atoms with E-state index in [0.717, 1.165) is 32.3 Å². The van der Waals surface area contributed by atoms with Crippen LogP contribution >= 0.6 is 0 Å². The second kappa shape index (κ2) is 6.57. The summed E-state index contributed by atoms with van der Waals surface area (Å²) >= 11 is 0. The van der Waals surface area contributed by atoms with Crippen molar-refractivity contribution in [2.75, 3.05) is 25.7 Å². The van der Waals surface area contributed by atoms with Gasteiger partial charge in [-0.1, -0.05) is 0 Å². The first-order chi connectivity index (χ1) is 7.51. The Labute approximate surface area is 98.7 Å². The average Bonchev–Trinajstić information content (AvgIpc) is 2.67. The highest BCUT2D eigenvalue weighted by Gasteiger charge is 2.17. The van der Waals surface area contributed by atoms with E-state index < -0.39 is 9.84 Å². The van der Waals surface area contributed by atoms with Crippen molar-refractivity contribution in [3.05, 3.63) is 0 Å². The zero-order chi connectivity index (χ0) is 12.0. The van der Waals surface area contributed by atoms with Crippen LogP contribution in [0.3, 0.4) is 0 Å². The summed E-state index contributed by atoms with van der Waals surface area (Å²) in [6.07, 6.45) is 7.03. The van der Waals surface area contributed by atoms with Gasteiger partial charge in [-0.3, -0.25) is 0 Å². The highest BCUT2D eigenvalue weighted by atomic mass is 32.2. The van der Waals surface area contributed by atoms with E-state index in [-0.39, 0.29) is 11.8 Å². The molecule has 0 radical (unpaired) electrons. The lowest BCUT2D eigenvalue weighted by atomic mass is 10.1. The van der Waals surface area contributed by atoms with Crippen LogP contribution in [0.15, 0.2) is 0 Å². The monoisotopic (exact) mass is 249 g/mol. The second-order valence-corrected chi connectivity index (χ2v) is 6.83. The molecule has 4 nitrogen and oxygen atoms in total. The number of hydrogen-bond donors (Lipinski definition) is 1. The molecular formula is C11H23NO3S. The maximum atomic E-state index is 11.2. The molecule has 0 bridgehead atoms. The molecule has 0 spiro atoms. The van der Waals surface area contributed by atoms with Gasteiger partial charge in [-0.2, -0.15) is 0 Å². The maximum Gasteiger partial charge on any atom is 0.148 e. The first-order valence-electron chi connectivity index (χ1n) is 5.98. The van der Waals surface area contributed by atoms with Crippen molar-refractivity contribution in [1.29, 1.82) is 0 Å². The highest BCUT2D eigenvalue weighted by Crippen LogP contribution is 2.18. The Morgan fingerprint density at radius 1 is 1.50 bits per heavy atom. The van der Waals surface area contributed by atoms with Crippen LogP contribution in [0, 0.1) is 0 Å². The minimum absolute atomic E-state index is 0.0800. The van der Waals surface area contributed by atoms with Crippen LogP contribution in [-0.4, -0.2) is 46.2 Å². The van der Waals surface area contributed by atoms with Gasteiger partial charge in [0.05, 0.1) is 11.9 Å². The highest BCUT2D eigenvalue weighted by molar-refractivity contribution is 7.90. The normalized spacial score (nSPS) is 23.5. The lowest BCUT2D eigenvalue weighted by molar-refractivity contribution is 0.101. The summed E-state index contributed by atoms with van der Waals surface area (Å²) in [5, 5.41) is 3.06. The molecule has 1 saturated heterocycles.